The highest BCUT2D eigenvalue weighted by molar-refractivity contribution is 8.37. The van der Waals surface area contributed by atoms with Gasteiger partial charge >= 0.3 is 0 Å². The molecule has 0 fully saturated rings. The van der Waals surface area contributed by atoms with Gasteiger partial charge in [0.05, 0.1) is 5.52 Å². The van der Waals surface area contributed by atoms with Crippen molar-refractivity contribution in [2.45, 2.75) is 32.2 Å². The molecule has 0 bridgehead atoms. The fraction of sp³-hybridized carbons (Fsp3) is 0.292. The number of fused-ring (bicyclic) bond motifs is 1. The number of para-hydroxylation sites is 1. The number of hydrogen-bond donors (Lipinski definition) is 1. The maximum absolute atomic E-state index is 4.43. The van der Waals surface area contributed by atoms with E-state index < -0.39 is 10.0 Å². The maximum atomic E-state index is 4.43. The molecule has 28 heavy (non-hydrogen) atoms. The molecule has 2 nitrogen and oxygen atoms in total. The van der Waals surface area contributed by atoms with E-state index in [1.54, 1.807) is 11.9 Å². The van der Waals surface area contributed by atoms with Crippen LogP contribution in [0.15, 0.2) is 65.7 Å². The summed E-state index contributed by atoms with van der Waals surface area (Å²) in [4.78, 5) is 5.62. The van der Waals surface area contributed by atoms with Gasteiger partial charge in [-0.05, 0) is 76.4 Å². The minimum atomic E-state index is -0.765. The maximum Gasteiger partial charge on any atom is 0.0705 e. The molecule has 0 saturated carbocycles. The first-order valence-electron chi connectivity index (χ1n) is 9.81. The van der Waals surface area contributed by atoms with E-state index in [9.17, 15) is 0 Å². The Hall–Kier alpha value is -1.93. The average molecular weight is 409 g/mol. The Kier molecular flexibility index (Phi) is 7.44. The van der Waals surface area contributed by atoms with Crippen LogP contribution in [0, 0.1) is 11.2 Å². The Morgan fingerprint density at radius 3 is 2.36 bits per heavy atom. The molecule has 0 spiro atoms. The first-order chi connectivity index (χ1) is 13.7. The predicted molar refractivity (Wildman–Crippen MR) is 127 cm³/mol. The van der Waals surface area contributed by atoms with Crippen LogP contribution in [0.4, 0.5) is 0 Å². The molecule has 3 rings (SSSR count). The molecule has 0 atom stereocenters. The first-order valence-corrected chi connectivity index (χ1v) is 12.8. The summed E-state index contributed by atoms with van der Waals surface area (Å²) in [5.41, 5.74) is 3.41. The lowest BCUT2D eigenvalue weighted by molar-refractivity contribution is 0.982. The quantitative estimate of drug-likeness (QED) is 0.372. The van der Waals surface area contributed by atoms with Crippen molar-refractivity contribution in [3.8, 4) is 11.2 Å². The molecule has 0 amide bonds. The number of nitrogens with one attached hydrogen (secondary N) is 1. The zero-order valence-electron chi connectivity index (χ0n) is 16.9. The van der Waals surface area contributed by atoms with Gasteiger partial charge < -0.3 is 0 Å². The first kappa shape index (κ1) is 20.8. The number of aromatic nitrogens is 1. The summed E-state index contributed by atoms with van der Waals surface area (Å²) in [6.07, 6.45) is 1.88. The van der Waals surface area contributed by atoms with Gasteiger partial charge in [-0.25, -0.2) is 0 Å². The summed E-state index contributed by atoms with van der Waals surface area (Å²) in [5, 5.41) is 4.81. The van der Waals surface area contributed by atoms with E-state index in [2.05, 4.69) is 90.2 Å². The molecule has 0 saturated heterocycles. The molecule has 2 aromatic carbocycles. The Balaban J connectivity index is 1.61. The van der Waals surface area contributed by atoms with E-state index in [0.29, 0.717) is 0 Å². The highest BCUT2D eigenvalue weighted by Crippen LogP contribution is 2.45. The molecule has 0 aliphatic carbocycles. The van der Waals surface area contributed by atoms with Crippen LogP contribution in [-0.2, 0) is 6.54 Å². The van der Waals surface area contributed by atoms with E-state index in [4.69, 9.17) is 0 Å². The second-order valence-corrected chi connectivity index (χ2v) is 11.6. The molecule has 0 unspecified atom stereocenters. The molecule has 146 valence electrons. The number of rotatable bonds is 7. The van der Waals surface area contributed by atoms with E-state index in [1.807, 2.05) is 12.3 Å². The van der Waals surface area contributed by atoms with Gasteiger partial charge in [-0.2, -0.15) is 10.0 Å². The smallest absolute Gasteiger partial charge is 0.0705 e. The lowest BCUT2D eigenvalue weighted by Crippen LogP contribution is -2.05. The molecule has 0 aliphatic heterocycles. The lowest BCUT2D eigenvalue weighted by atomic mass is 10.1. The fourth-order valence-corrected chi connectivity index (χ4v) is 5.77. The van der Waals surface area contributed by atoms with Crippen molar-refractivity contribution in [3.05, 3.63) is 71.9 Å². The average Bonchev–Trinajstić information content (AvgIpc) is 2.76. The fourth-order valence-electron chi connectivity index (χ4n) is 3.11. The van der Waals surface area contributed by atoms with E-state index in [-0.39, 0.29) is 0 Å². The minimum Gasteiger partial charge on any atom is -0.256 e. The summed E-state index contributed by atoms with van der Waals surface area (Å²) in [5.74, 6) is 6.99. The number of hydrogen-bond acceptors (Lipinski definition) is 3. The third kappa shape index (κ3) is 5.11. The van der Waals surface area contributed by atoms with Gasteiger partial charge in [-0.1, -0.05) is 44.9 Å². The normalized spacial score (nSPS) is 11.8. The van der Waals surface area contributed by atoms with Gasteiger partial charge in [0.1, 0.15) is 0 Å². The zero-order chi connectivity index (χ0) is 19.8. The van der Waals surface area contributed by atoms with Gasteiger partial charge in [0, 0.05) is 28.6 Å². The van der Waals surface area contributed by atoms with Crippen LogP contribution in [0.25, 0.3) is 10.9 Å². The molecule has 0 aliphatic rings. The molecule has 4 heteroatoms. The Bertz CT molecular complexity index is 954. The van der Waals surface area contributed by atoms with Gasteiger partial charge in [-0.3, -0.25) is 9.71 Å². The number of nitrogens with zero attached hydrogens (tertiary/aromatic N) is 1. The van der Waals surface area contributed by atoms with E-state index in [0.717, 1.165) is 17.6 Å². The van der Waals surface area contributed by atoms with Crippen molar-refractivity contribution in [1.82, 2.24) is 9.71 Å². The Labute approximate surface area is 175 Å². The molecular formula is C24H28N2S2. The number of pyridine rings is 1. The van der Waals surface area contributed by atoms with Crippen LogP contribution in [-0.4, -0.2) is 22.2 Å². The van der Waals surface area contributed by atoms with Crippen LogP contribution in [0.1, 0.15) is 31.9 Å². The zero-order valence-corrected chi connectivity index (χ0v) is 18.5. The summed E-state index contributed by atoms with van der Waals surface area (Å²) in [7, 11) is -0.765. The van der Waals surface area contributed by atoms with Crippen LogP contribution >= 0.6 is 22.0 Å². The largest absolute Gasteiger partial charge is 0.256 e. The second kappa shape index (κ2) is 10.0. The summed E-state index contributed by atoms with van der Waals surface area (Å²) in [6, 6.07) is 18.9. The molecule has 1 aromatic heterocycles. The van der Waals surface area contributed by atoms with Crippen molar-refractivity contribution in [1.29, 1.82) is 0 Å². The van der Waals surface area contributed by atoms with Crippen molar-refractivity contribution < 1.29 is 0 Å². The van der Waals surface area contributed by atoms with Crippen molar-refractivity contribution in [3.63, 3.8) is 0 Å². The topological polar surface area (TPSA) is 24.9 Å². The molecule has 1 heterocycles. The van der Waals surface area contributed by atoms with Gasteiger partial charge in [0.2, 0.25) is 0 Å². The van der Waals surface area contributed by atoms with Crippen LogP contribution < -0.4 is 4.72 Å². The van der Waals surface area contributed by atoms with Crippen molar-refractivity contribution >= 4 is 32.9 Å². The minimum absolute atomic E-state index is 0.765. The number of benzene rings is 2. The lowest BCUT2D eigenvalue weighted by Gasteiger charge is -2.30. The van der Waals surface area contributed by atoms with Gasteiger partial charge in [0.25, 0.3) is 0 Å². The molecule has 0 radical (unpaired) electrons. The van der Waals surface area contributed by atoms with Crippen LogP contribution in [0.3, 0.4) is 0 Å². The van der Waals surface area contributed by atoms with Crippen LogP contribution in [0.2, 0.25) is 0 Å². The van der Waals surface area contributed by atoms with E-state index >= 15 is 0 Å². The van der Waals surface area contributed by atoms with Crippen molar-refractivity contribution in [2.75, 3.05) is 17.3 Å². The van der Waals surface area contributed by atoms with Crippen LogP contribution in [0.5, 0.6) is 0 Å². The third-order valence-electron chi connectivity index (χ3n) is 5.12. The third-order valence-corrected chi connectivity index (χ3v) is 9.76. The monoisotopic (exact) mass is 408 g/mol. The summed E-state index contributed by atoms with van der Waals surface area (Å²) < 4.78 is 3.47. The summed E-state index contributed by atoms with van der Waals surface area (Å²) in [6.45, 7) is 7.61. The Morgan fingerprint density at radius 1 is 0.929 bits per heavy atom. The highest BCUT2D eigenvalue weighted by atomic mass is 32.3. The van der Waals surface area contributed by atoms with Gasteiger partial charge in [-0.15, -0.1) is 0 Å². The highest BCUT2D eigenvalue weighted by Gasteiger charge is 2.13. The standard InChI is InChI=1S/C24H28N2S2/c1-4-28(5-2,6-3)18-16-20-11-13-22(14-12-20)27-26-19-21-15-17-25-24-10-8-7-9-23(21)24/h7-15,17,26H,4-6,19H2,1-3H3. The predicted octanol–water partition coefficient (Wildman–Crippen LogP) is 6.21. The van der Waals surface area contributed by atoms with Crippen molar-refractivity contribution in [2.24, 2.45) is 0 Å². The summed E-state index contributed by atoms with van der Waals surface area (Å²) >= 11 is 1.66. The molecule has 1 N–H and O–H groups in total. The van der Waals surface area contributed by atoms with Gasteiger partial charge in [0.15, 0.2) is 0 Å². The van der Waals surface area contributed by atoms with E-state index in [1.165, 1.54) is 33.1 Å². The molecule has 3 aromatic rings. The second-order valence-electron chi connectivity index (χ2n) is 6.57. The SMILES string of the molecule is CCS(C#Cc1ccc(SNCc2ccnc3ccccc23)cc1)(CC)CC. The Morgan fingerprint density at radius 2 is 1.64 bits per heavy atom. The molecular weight excluding hydrogens is 380 g/mol.